The first kappa shape index (κ1) is 49.2. The molecular formula is C46H51F2N6O13P. The molecule has 0 unspecified atom stereocenters. The van der Waals surface area contributed by atoms with Gasteiger partial charge in [0, 0.05) is 70.6 Å². The van der Waals surface area contributed by atoms with Gasteiger partial charge in [0.25, 0.3) is 11.8 Å². The molecule has 1 fully saturated rings. The zero-order chi connectivity index (χ0) is 48.6. The highest BCUT2D eigenvalue weighted by Crippen LogP contribution is 2.51. The molecular weight excluding hydrogens is 914 g/mol. The lowest BCUT2D eigenvalue weighted by atomic mass is 9.84. The maximum absolute atomic E-state index is 14.5. The highest BCUT2D eigenvalue weighted by molar-refractivity contribution is 7.48. The van der Waals surface area contributed by atoms with Crippen LogP contribution in [-0.2, 0) is 52.2 Å². The Balaban J connectivity index is 0.987. The number of phosphoric acid groups is 1. The van der Waals surface area contributed by atoms with Gasteiger partial charge in [0.15, 0.2) is 11.3 Å². The number of amides is 4. The van der Waals surface area contributed by atoms with Gasteiger partial charge in [0.2, 0.25) is 24.8 Å². The van der Waals surface area contributed by atoms with Crippen molar-refractivity contribution >= 4 is 37.5 Å². The predicted octanol–water partition coefficient (Wildman–Crippen LogP) is 6.76. The van der Waals surface area contributed by atoms with E-state index in [9.17, 15) is 37.3 Å². The summed E-state index contributed by atoms with van der Waals surface area (Å²) in [4.78, 5) is 78.0. The quantitative estimate of drug-likeness (QED) is 0.0810. The smallest absolute Gasteiger partial charge is 0.451 e. The SMILES string of the molecule is CC1=NO[C@@]2(CC[C@H](C)N3C[C@H]2n2cc(C(=O)NCc4ccc(F)cc4F)c(=O)c(OCOC(=O)N(C)CCN(C)C(=O)OCOP(=O)(OCc4ccccc4)OCc4ccccc4)c2C3=O)C1. The van der Waals surface area contributed by atoms with E-state index in [1.54, 1.807) is 53.4 Å². The monoisotopic (exact) mass is 964 g/mol. The summed E-state index contributed by atoms with van der Waals surface area (Å²) in [5, 5.41) is 6.70. The summed E-state index contributed by atoms with van der Waals surface area (Å²) < 4.78 is 75.8. The Labute approximate surface area is 390 Å². The number of carbonyl (C=O) groups excluding carboxylic acids is 4. The first-order valence-electron chi connectivity index (χ1n) is 21.6. The van der Waals surface area contributed by atoms with Crippen molar-refractivity contribution in [2.45, 2.75) is 70.6 Å². The molecule has 3 aromatic carbocycles. The van der Waals surface area contributed by atoms with E-state index >= 15 is 0 Å². The van der Waals surface area contributed by atoms with Crippen molar-refractivity contribution in [3.63, 3.8) is 0 Å². The van der Waals surface area contributed by atoms with Crippen LogP contribution in [0.4, 0.5) is 18.4 Å². The molecule has 3 atom stereocenters. The van der Waals surface area contributed by atoms with E-state index in [4.69, 9.17) is 32.6 Å². The van der Waals surface area contributed by atoms with Crippen molar-refractivity contribution in [3.8, 4) is 5.75 Å². The number of hydrogen-bond donors (Lipinski definition) is 1. The molecule has 7 rings (SSSR count). The highest BCUT2D eigenvalue weighted by Gasteiger charge is 2.54. The second-order valence-electron chi connectivity index (χ2n) is 16.5. The number of hydrogen-bond acceptors (Lipinski definition) is 14. The van der Waals surface area contributed by atoms with Crippen LogP contribution in [0.3, 0.4) is 0 Å². The molecule has 1 N–H and O–H groups in total. The number of phosphoric ester groups is 1. The molecule has 0 aliphatic carbocycles. The summed E-state index contributed by atoms with van der Waals surface area (Å²) in [6.45, 7) is 1.36. The number of ether oxygens (including phenoxy) is 3. The van der Waals surface area contributed by atoms with Gasteiger partial charge in [-0.05, 0) is 43.9 Å². The molecule has 1 saturated heterocycles. The lowest BCUT2D eigenvalue weighted by Crippen LogP contribution is -2.52. The second-order valence-corrected chi connectivity index (χ2v) is 18.2. The van der Waals surface area contributed by atoms with Crippen molar-refractivity contribution in [2.24, 2.45) is 5.16 Å². The molecule has 4 amide bonds. The minimum absolute atomic E-state index is 0.0473. The van der Waals surface area contributed by atoms with Gasteiger partial charge < -0.3 is 43.6 Å². The number of carbonyl (C=O) groups is 4. The molecule has 0 saturated carbocycles. The number of likely N-dealkylation sites (N-methyl/N-ethyl adjacent to an activating group) is 2. The maximum Gasteiger partial charge on any atom is 0.478 e. The molecule has 4 aromatic rings. The summed E-state index contributed by atoms with van der Waals surface area (Å²) in [5.74, 6) is -3.81. The average Bonchev–Trinajstić information content (AvgIpc) is 3.67. The Bertz CT molecular complexity index is 2590. The van der Waals surface area contributed by atoms with E-state index in [1.165, 1.54) is 24.9 Å². The summed E-state index contributed by atoms with van der Waals surface area (Å²) >= 11 is 0. The van der Waals surface area contributed by atoms with Gasteiger partial charge in [0.1, 0.15) is 17.2 Å². The fourth-order valence-electron chi connectivity index (χ4n) is 7.89. The van der Waals surface area contributed by atoms with Crippen molar-refractivity contribution in [3.05, 3.63) is 135 Å². The van der Waals surface area contributed by atoms with Crippen LogP contribution in [-0.4, -0.2) is 108 Å². The zero-order valence-electron chi connectivity index (χ0n) is 37.8. The van der Waals surface area contributed by atoms with Gasteiger partial charge in [0.05, 0.1) is 25.0 Å². The summed E-state index contributed by atoms with van der Waals surface area (Å²) in [7, 11) is -1.49. The molecule has 3 aliphatic heterocycles. The van der Waals surface area contributed by atoms with E-state index in [0.29, 0.717) is 42.2 Å². The van der Waals surface area contributed by atoms with Crippen molar-refractivity contribution in [1.29, 1.82) is 0 Å². The number of nitrogens with one attached hydrogen (secondary N) is 1. The molecule has 1 spiro atoms. The van der Waals surface area contributed by atoms with E-state index in [-0.39, 0.29) is 50.1 Å². The standard InChI is InChI=1S/C46H51F2N6O13P/c1-30-22-46(67-50-30)18-17-31(2)53-25-38(46)54-24-36(42(56)49-23-34-15-16-35(47)21-37(34)48)40(55)41(39(54)43(53)57)61-28-62-44(58)51(3)19-20-52(4)45(59)63-29-66-68(60,64-26-32-11-7-5-8-12-32)65-27-33-13-9-6-10-14-33/h5-16,21,24,31,38H,17-20,22-23,25-29H2,1-4H3,(H,49,56)/t31-,38+,46-/m0/s1. The lowest BCUT2D eigenvalue weighted by molar-refractivity contribution is -0.0657. The Morgan fingerprint density at radius 2 is 1.51 bits per heavy atom. The van der Waals surface area contributed by atoms with Gasteiger partial charge in [-0.25, -0.2) is 27.5 Å². The molecule has 2 bridgehead atoms. The molecule has 1 aromatic heterocycles. The van der Waals surface area contributed by atoms with E-state index in [0.717, 1.165) is 21.9 Å². The normalized spacial score (nSPS) is 18.5. The van der Waals surface area contributed by atoms with Crippen LogP contribution in [0.25, 0.3) is 0 Å². The van der Waals surface area contributed by atoms with Crippen molar-refractivity contribution in [2.75, 3.05) is 47.3 Å². The van der Waals surface area contributed by atoms with Gasteiger partial charge in [-0.1, -0.05) is 71.9 Å². The number of fused-ring (bicyclic) bond motifs is 5. The fraction of sp³-hybridized carbons (Fsp3) is 0.391. The van der Waals surface area contributed by atoms with Crippen LogP contribution in [0.2, 0.25) is 0 Å². The molecule has 4 heterocycles. The van der Waals surface area contributed by atoms with E-state index < -0.39 is 92.0 Å². The molecule has 19 nitrogen and oxygen atoms in total. The Morgan fingerprint density at radius 1 is 0.897 bits per heavy atom. The van der Waals surface area contributed by atoms with Crippen LogP contribution in [0.15, 0.2) is 95.0 Å². The van der Waals surface area contributed by atoms with Crippen LogP contribution in [0.5, 0.6) is 5.75 Å². The first-order chi connectivity index (χ1) is 32.6. The molecule has 3 aliphatic rings. The van der Waals surface area contributed by atoms with Crippen LogP contribution >= 0.6 is 7.82 Å². The van der Waals surface area contributed by atoms with Gasteiger partial charge in [-0.2, -0.15) is 0 Å². The summed E-state index contributed by atoms with van der Waals surface area (Å²) in [6, 6.07) is 19.7. The largest absolute Gasteiger partial charge is 0.478 e. The van der Waals surface area contributed by atoms with Gasteiger partial charge >= 0.3 is 20.0 Å². The second kappa shape index (κ2) is 21.5. The van der Waals surface area contributed by atoms with Gasteiger partial charge in [-0.15, -0.1) is 0 Å². The van der Waals surface area contributed by atoms with Crippen molar-refractivity contribution in [1.82, 2.24) is 24.6 Å². The van der Waals surface area contributed by atoms with Gasteiger partial charge in [-0.3, -0.25) is 23.4 Å². The zero-order valence-corrected chi connectivity index (χ0v) is 38.7. The lowest BCUT2D eigenvalue weighted by Gasteiger charge is -2.42. The molecule has 68 heavy (non-hydrogen) atoms. The Hall–Kier alpha value is -6.67. The number of pyridine rings is 1. The molecule has 22 heteroatoms. The number of rotatable bonds is 18. The molecule has 362 valence electrons. The Morgan fingerprint density at radius 3 is 2.10 bits per heavy atom. The van der Waals surface area contributed by atoms with E-state index in [2.05, 4.69) is 10.5 Å². The number of benzene rings is 3. The number of oxime groups is 1. The minimum Gasteiger partial charge on any atom is -0.451 e. The number of halogens is 2. The summed E-state index contributed by atoms with van der Waals surface area (Å²) in [5.41, 5.74) is -0.569. The topological polar surface area (TPSA) is 206 Å². The summed E-state index contributed by atoms with van der Waals surface area (Å²) in [6.07, 6.45) is 0.818. The average molecular weight is 965 g/mol. The third kappa shape index (κ3) is 11.5. The first-order valence-corrected chi connectivity index (χ1v) is 23.1. The highest BCUT2D eigenvalue weighted by atomic mass is 31.2. The third-order valence-corrected chi connectivity index (χ3v) is 13.1. The number of nitrogens with zero attached hydrogens (tertiary/aromatic N) is 5. The third-order valence-electron chi connectivity index (χ3n) is 11.8. The number of aromatic nitrogens is 1. The predicted molar refractivity (Wildman–Crippen MR) is 238 cm³/mol. The molecule has 0 radical (unpaired) electrons. The van der Waals surface area contributed by atoms with E-state index in [1.807, 2.05) is 26.0 Å². The van der Waals surface area contributed by atoms with Crippen LogP contribution < -0.4 is 15.5 Å². The van der Waals surface area contributed by atoms with Crippen LogP contribution in [0, 0.1) is 11.6 Å². The maximum atomic E-state index is 14.5. The van der Waals surface area contributed by atoms with Crippen molar-refractivity contribution < 1.29 is 65.1 Å². The minimum atomic E-state index is -4.24. The Kier molecular flexibility index (Phi) is 15.6. The van der Waals surface area contributed by atoms with Crippen LogP contribution in [0.1, 0.15) is 76.7 Å². The fourth-order valence-corrected chi connectivity index (χ4v) is 8.91.